The van der Waals surface area contributed by atoms with Crippen LogP contribution >= 0.6 is 0 Å². The van der Waals surface area contributed by atoms with E-state index in [0.717, 1.165) is 46.7 Å². The van der Waals surface area contributed by atoms with Gasteiger partial charge < -0.3 is 34.2 Å². The molecule has 3 atom stereocenters. The van der Waals surface area contributed by atoms with Gasteiger partial charge in [0.2, 0.25) is 5.95 Å². The van der Waals surface area contributed by atoms with Crippen molar-refractivity contribution < 1.29 is 29.2 Å². The van der Waals surface area contributed by atoms with E-state index in [4.69, 9.17) is 29.2 Å². The van der Waals surface area contributed by atoms with E-state index in [1.807, 2.05) is 30.3 Å². The van der Waals surface area contributed by atoms with Crippen LogP contribution < -0.4 is 19.9 Å². The highest BCUT2D eigenvalue weighted by atomic mass is 16.5. The fraction of sp³-hybridized carbons (Fsp3) is 0.412. The molecule has 2 saturated heterocycles. The first-order valence-electron chi connectivity index (χ1n) is 15.6. The summed E-state index contributed by atoms with van der Waals surface area (Å²) in [5, 5.41) is 23.5. The molecule has 6 rings (SSSR count). The molecule has 0 spiro atoms. The molecular formula is C34H40N6O6. The van der Waals surface area contributed by atoms with Crippen LogP contribution in [0.1, 0.15) is 25.0 Å². The van der Waals surface area contributed by atoms with Gasteiger partial charge in [0.25, 0.3) is 0 Å². The Morgan fingerprint density at radius 1 is 1.00 bits per heavy atom. The first-order valence-corrected chi connectivity index (χ1v) is 15.6. The van der Waals surface area contributed by atoms with Gasteiger partial charge in [-0.25, -0.2) is 4.98 Å². The topological polar surface area (TPSA) is 142 Å². The van der Waals surface area contributed by atoms with E-state index >= 15 is 0 Å². The minimum atomic E-state index is -0.963. The number of methoxy groups -OCH3 is 1. The number of hydrogen-bond acceptors (Lipinski definition) is 11. The molecule has 4 aromatic rings. The lowest BCUT2D eigenvalue weighted by molar-refractivity contribution is -0.139. The summed E-state index contributed by atoms with van der Waals surface area (Å²) in [6.45, 7) is 8.52. The maximum Gasteiger partial charge on any atom is 0.321 e. The highest BCUT2D eigenvalue weighted by Crippen LogP contribution is 2.31. The van der Waals surface area contributed by atoms with Gasteiger partial charge in [-0.05, 0) is 68.3 Å². The van der Waals surface area contributed by atoms with Crippen LogP contribution in [0.25, 0.3) is 22.3 Å². The lowest BCUT2D eigenvalue weighted by atomic mass is 10.0. The predicted octanol–water partition coefficient (Wildman–Crippen LogP) is 3.64. The molecule has 12 nitrogen and oxygen atoms in total. The van der Waals surface area contributed by atoms with Gasteiger partial charge >= 0.3 is 5.97 Å². The molecule has 2 aromatic carbocycles. The van der Waals surface area contributed by atoms with Crippen molar-refractivity contribution in [2.75, 3.05) is 56.3 Å². The molecule has 2 aliphatic heterocycles. The van der Waals surface area contributed by atoms with E-state index < -0.39 is 12.0 Å². The number of fused-ring (bicyclic) bond motifs is 1. The second kappa shape index (κ2) is 13.9. The van der Waals surface area contributed by atoms with Gasteiger partial charge in [0.1, 0.15) is 23.4 Å². The third-order valence-electron chi connectivity index (χ3n) is 8.33. The smallest absolute Gasteiger partial charge is 0.321 e. The number of morpholine rings is 2. The van der Waals surface area contributed by atoms with Crippen molar-refractivity contribution >= 4 is 28.8 Å². The maximum absolute atomic E-state index is 12.1. The summed E-state index contributed by atoms with van der Waals surface area (Å²) in [6, 6.07) is 15.5. The molecule has 0 amide bonds. The Morgan fingerprint density at radius 3 is 2.43 bits per heavy atom. The number of aliphatic carboxylic acids is 1. The van der Waals surface area contributed by atoms with Gasteiger partial charge in [0.15, 0.2) is 5.65 Å². The van der Waals surface area contributed by atoms with Crippen LogP contribution in [0.3, 0.4) is 0 Å². The molecule has 0 aliphatic carbocycles. The molecule has 3 unspecified atom stereocenters. The standard InChI is InChI=1S/C34H40N6O6/c1-21-19-40(20-22(2)46-21)34-37-31-27(32(38-34)39-12-14-45-15-13-39)9-10-28(36-31)24-6-11-30(44-3)25(17-24)18-35-29(33(42)43)16-23-4-7-26(41)8-5-23/h4-11,17,21-22,29,35,41H,12-16,18-20H2,1-3H3,(H,42,43). The van der Waals surface area contributed by atoms with E-state index in [1.165, 1.54) is 0 Å². The quantitative estimate of drug-likeness (QED) is 0.236. The summed E-state index contributed by atoms with van der Waals surface area (Å²) in [5.74, 6) is 1.30. The first-order chi connectivity index (χ1) is 22.3. The average molecular weight is 629 g/mol. The molecule has 0 saturated carbocycles. The summed E-state index contributed by atoms with van der Waals surface area (Å²) in [4.78, 5) is 31.5. The first kappa shape index (κ1) is 31.5. The molecule has 2 fully saturated rings. The van der Waals surface area contributed by atoms with Crippen molar-refractivity contribution in [3.8, 4) is 22.8 Å². The second-order valence-corrected chi connectivity index (χ2v) is 11.8. The molecule has 0 radical (unpaired) electrons. The number of phenolic OH excluding ortho intramolecular Hbond substituents is 1. The number of nitrogens with one attached hydrogen (secondary N) is 1. The molecule has 0 bridgehead atoms. The number of aromatic nitrogens is 3. The fourth-order valence-electron chi connectivity index (χ4n) is 6.07. The summed E-state index contributed by atoms with van der Waals surface area (Å²) >= 11 is 0. The molecule has 2 aromatic heterocycles. The van der Waals surface area contributed by atoms with Crippen LogP contribution in [-0.4, -0.2) is 95.9 Å². The van der Waals surface area contributed by atoms with Gasteiger partial charge in [-0.2, -0.15) is 9.97 Å². The van der Waals surface area contributed by atoms with Crippen LogP contribution in [0.5, 0.6) is 11.5 Å². The van der Waals surface area contributed by atoms with Crippen LogP contribution in [-0.2, 0) is 27.2 Å². The largest absolute Gasteiger partial charge is 0.508 e. The van der Waals surface area contributed by atoms with Crippen molar-refractivity contribution in [2.45, 2.75) is 45.1 Å². The van der Waals surface area contributed by atoms with Crippen molar-refractivity contribution in [1.29, 1.82) is 0 Å². The highest BCUT2D eigenvalue weighted by Gasteiger charge is 2.27. The minimum Gasteiger partial charge on any atom is -0.508 e. The third kappa shape index (κ3) is 7.14. The number of rotatable bonds is 10. The zero-order chi connectivity index (χ0) is 32.2. The van der Waals surface area contributed by atoms with Gasteiger partial charge in [0.05, 0.1) is 43.6 Å². The molecule has 4 heterocycles. The number of pyridine rings is 1. The molecule has 2 aliphatic rings. The van der Waals surface area contributed by atoms with Gasteiger partial charge in [-0.1, -0.05) is 12.1 Å². The number of carboxylic acids is 1. The maximum atomic E-state index is 12.1. The minimum absolute atomic E-state index is 0.0577. The van der Waals surface area contributed by atoms with Crippen molar-refractivity contribution in [1.82, 2.24) is 20.3 Å². The van der Waals surface area contributed by atoms with E-state index in [2.05, 4.69) is 29.0 Å². The van der Waals surface area contributed by atoms with Crippen molar-refractivity contribution in [2.24, 2.45) is 0 Å². The van der Waals surface area contributed by atoms with E-state index in [-0.39, 0.29) is 30.9 Å². The lowest BCUT2D eigenvalue weighted by Crippen LogP contribution is -2.46. The monoisotopic (exact) mass is 628 g/mol. The number of aromatic hydroxyl groups is 1. The molecule has 12 heteroatoms. The summed E-state index contributed by atoms with van der Waals surface area (Å²) < 4.78 is 17.2. The van der Waals surface area contributed by atoms with Gasteiger partial charge in [-0.3, -0.25) is 10.1 Å². The van der Waals surface area contributed by atoms with Crippen molar-refractivity contribution in [3.63, 3.8) is 0 Å². The number of phenols is 1. The van der Waals surface area contributed by atoms with E-state index in [1.54, 1.807) is 31.4 Å². The fourth-order valence-corrected chi connectivity index (χ4v) is 6.07. The lowest BCUT2D eigenvalue weighted by Gasteiger charge is -2.36. The van der Waals surface area contributed by atoms with Crippen LogP contribution in [0.2, 0.25) is 0 Å². The average Bonchev–Trinajstić information content (AvgIpc) is 3.06. The molecule has 3 N–H and O–H groups in total. The zero-order valence-electron chi connectivity index (χ0n) is 26.3. The molecule has 46 heavy (non-hydrogen) atoms. The van der Waals surface area contributed by atoms with Crippen LogP contribution in [0.4, 0.5) is 11.8 Å². The number of benzene rings is 2. The van der Waals surface area contributed by atoms with E-state index in [9.17, 15) is 15.0 Å². The Labute approximate surface area is 268 Å². The Bertz CT molecular complexity index is 1670. The van der Waals surface area contributed by atoms with Crippen molar-refractivity contribution in [3.05, 3.63) is 65.7 Å². The summed E-state index contributed by atoms with van der Waals surface area (Å²) in [5.41, 5.74) is 3.79. The van der Waals surface area contributed by atoms with E-state index in [0.29, 0.717) is 43.6 Å². The Kier molecular flexibility index (Phi) is 9.48. The SMILES string of the molecule is COc1ccc(-c2ccc3c(N4CCOCC4)nc(N4CC(C)OC(C)C4)nc3n2)cc1CNC(Cc1ccc(O)cc1)C(=O)O. The van der Waals surface area contributed by atoms with Gasteiger partial charge in [0, 0.05) is 43.9 Å². The number of ether oxygens (including phenoxy) is 3. The van der Waals surface area contributed by atoms with Crippen LogP contribution in [0.15, 0.2) is 54.6 Å². The Morgan fingerprint density at radius 2 is 1.74 bits per heavy atom. The van der Waals surface area contributed by atoms with Gasteiger partial charge in [-0.15, -0.1) is 0 Å². The number of carbonyl (C=O) groups is 1. The predicted molar refractivity (Wildman–Crippen MR) is 175 cm³/mol. The molecule has 242 valence electrons. The normalized spacial score (nSPS) is 19.3. The Hall–Kier alpha value is -4.52. The molecular weight excluding hydrogens is 588 g/mol. The zero-order valence-corrected chi connectivity index (χ0v) is 26.3. The number of anilines is 2. The van der Waals surface area contributed by atoms with Crippen LogP contribution in [0, 0.1) is 0 Å². The summed E-state index contributed by atoms with van der Waals surface area (Å²) in [7, 11) is 1.59. The summed E-state index contributed by atoms with van der Waals surface area (Å²) in [6.07, 6.45) is 0.377. The highest BCUT2D eigenvalue weighted by molar-refractivity contribution is 5.90. The second-order valence-electron chi connectivity index (χ2n) is 11.8. The number of carboxylic acid groups (broad SMARTS) is 1. The third-order valence-corrected chi connectivity index (χ3v) is 8.33. The number of nitrogens with zero attached hydrogens (tertiary/aromatic N) is 5. The Balaban J connectivity index is 1.31. The number of hydrogen-bond donors (Lipinski definition) is 3.